The number of benzene rings is 6. The molecular weight excluding hydrogens is 773 g/mol. The normalized spacial score (nSPS) is 12.9. The van der Waals surface area contributed by atoms with Crippen molar-refractivity contribution < 1.29 is 44.7 Å². The summed E-state index contributed by atoms with van der Waals surface area (Å²) in [6.07, 6.45) is 0. The molecule has 0 unspecified atom stereocenters. The standard InChI is InChI=1S/C23H18O3.C19H14N2O8S2/c1-13-4-7-17(20(10-13)15(3)24)23-18-8-5-14(2)11-21(18)26-22-12-16(25)6-9-19(22)23;1-9-3-2-4-10(5-9)21-18(22)13-7-11(30(24,25)26)6-12-16(13)14(19(21)23)8-15(17(12)20)31(27,28)29/h4-12H,1-3H3;2-8H,20H2,1H3,(H,24,25,26)(H,27,28,29)/p-2. The van der Waals surface area contributed by atoms with Gasteiger partial charge in [0, 0.05) is 38.9 Å². The summed E-state index contributed by atoms with van der Waals surface area (Å²) in [6, 6.07) is 25.2. The monoisotopic (exact) mass is 802 g/mol. The maximum absolute atomic E-state index is 13.2. The van der Waals surface area contributed by atoms with Crippen LogP contribution >= 0.6 is 0 Å². The summed E-state index contributed by atoms with van der Waals surface area (Å²) in [7, 11) is -10.3. The van der Waals surface area contributed by atoms with E-state index >= 15 is 0 Å². The molecule has 0 spiro atoms. The number of carbonyl (C=O) groups is 3. The van der Waals surface area contributed by atoms with Gasteiger partial charge < -0.3 is 19.3 Å². The molecule has 3 aliphatic rings. The average molecular weight is 803 g/mol. The molecule has 0 bridgehead atoms. The van der Waals surface area contributed by atoms with Crippen LogP contribution in [0.4, 0.5) is 11.4 Å². The third kappa shape index (κ3) is 6.97. The summed E-state index contributed by atoms with van der Waals surface area (Å²) in [6.45, 7) is 7.26. The Bertz CT molecular complexity index is 3150. The maximum Gasteiger partial charge on any atom is 0.266 e. The van der Waals surface area contributed by atoms with E-state index in [4.69, 9.17) is 10.2 Å². The minimum Gasteiger partial charge on any atom is -0.744 e. The number of rotatable bonds is 5. The van der Waals surface area contributed by atoms with E-state index in [-0.39, 0.29) is 38.8 Å². The molecule has 2 aliphatic heterocycles. The van der Waals surface area contributed by atoms with Gasteiger partial charge in [0.2, 0.25) is 0 Å². The van der Waals surface area contributed by atoms with Gasteiger partial charge in [0.05, 0.1) is 32.3 Å². The number of amides is 2. The van der Waals surface area contributed by atoms with Gasteiger partial charge in [0.15, 0.2) is 11.2 Å². The fourth-order valence-corrected chi connectivity index (χ4v) is 8.16. The highest BCUT2D eigenvalue weighted by Gasteiger charge is 2.36. The first-order valence-corrected chi connectivity index (χ1v) is 19.9. The van der Waals surface area contributed by atoms with Gasteiger partial charge in [-0.25, -0.2) is 21.7 Å². The van der Waals surface area contributed by atoms with E-state index in [2.05, 4.69) is 0 Å². The number of hydrogen-bond acceptors (Lipinski definition) is 12. The molecule has 0 saturated heterocycles. The Kier molecular flexibility index (Phi) is 9.45. The molecule has 13 nitrogen and oxygen atoms in total. The fourth-order valence-electron chi connectivity index (χ4n) is 6.99. The summed E-state index contributed by atoms with van der Waals surface area (Å²) in [5.74, 6) is -1.33. The number of fused-ring (bicyclic) bond motifs is 2. The molecule has 57 heavy (non-hydrogen) atoms. The zero-order valence-corrected chi connectivity index (χ0v) is 32.2. The van der Waals surface area contributed by atoms with Crippen molar-refractivity contribution in [3.05, 3.63) is 141 Å². The van der Waals surface area contributed by atoms with Gasteiger partial charge in [-0.2, -0.15) is 0 Å². The Morgan fingerprint density at radius 1 is 0.667 bits per heavy atom. The number of ketones is 1. The van der Waals surface area contributed by atoms with Crippen molar-refractivity contribution in [1.29, 1.82) is 0 Å². The van der Waals surface area contributed by atoms with Gasteiger partial charge in [-0.3, -0.25) is 19.2 Å². The second-order valence-corrected chi connectivity index (χ2v) is 16.4. The van der Waals surface area contributed by atoms with E-state index in [0.717, 1.165) is 51.4 Å². The third-order valence-corrected chi connectivity index (χ3v) is 11.3. The molecule has 0 fully saturated rings. The predicted octanol–water partition coefficient (Wildman–Crippen LogP) is 6.72. The summed E-state index contributed by atoms with van der Waals surface area (Å²) in [4.78, 5) is 49.4. The van der Waals surface area contributed by atoms with Gasteiger partial charge in [-0.15, -0.1) is 0 Å². The number of nitrogens with two attached hydrogens (primary N) is 1. The van der Waals surface area contributed by atoms with Crippen LogP contribution in [-0.2, 0) is 20.2 Å². The van der Waals surface area contributed by atoms with Crippen molar-refractivity contribution in [2.24, 2.45) is 0 Å². The Morgan fingerprint density at radius 3 is 1.95 bits per heavy atom. The van der Waals surface area contributed by atoms with Crippen LogP contribution in [0.1, 0.15) is 54.7 Å². The molecule has 0 aromatic heterocycles. The second kappa shape index (κ2) is 13.9. The lowest BCUT2D eigenvalue weighted by Gasteiger charge is -2.29. The Morgan fingerprint density at radius 2 is 1.30 bits per heavy atom. The maximum atomic E-state index is 13.2. The SMILES string of the molecule is CC(=O)c1cc(C)ccc1-c1c2ccc(=O)cc-2oc2cc(C)ccc12.Cc1cccc(N2C(=O)c3cc(S(=O)(=O)[O-])cc4c(N)c(S(=O)(=O)[O-])cc(c34)C2=O)c1. The molecule has 288 valence electrons. The first kappa shape index (κ1) is 38.7. The van der Waals surface area contributed by atoms with Crippen LogP contribution in [0, 0.1) is 20.8 Å². The lowest BCUT2D eigenvalue weighted by Crippen LogP contribution is -2.40. The quantitative estimate of drug-likeness (QED) is 0.0629. The fraction of sp³-hybridized carbons (Fsp3) is 0.0952. The van der Waals surface area contributed by atoms with Crippen molar-refractivity contribution in [1.82, 2.24) is 0 Å². The lowest BCUT2D eigenvalue weighted by atomic mass is 9.89. The van der Waals surface area contributed by atoms with Crippen molar-refractivity contribution >= 4 is 71.0 Å². The number of nitrogen functional groups attached to an aromatic ring is 1. The lowest BCUT2D eigenvalue weighted by molar-refractivity contribution is 0.0892. The van der Waals surface area contributed by atoms with Gasteiger partial charge in [0.1, 0.15) is 31.6 Å². The molecule has 0 atom stereocenters. The molecule has 0 saturated carbocycles. The molecule has 0 radical (unpaired) electrons. The minimum atomic E-state index is -5.18. The molecule has 15 heteroatoms. The molecule has 2 heterocycles. The second-order valence-electron chi connectivity index (χ2n) is 13.7. The predicted molar refractivity (Wildman–Crippen MR) is 211 cm³/mol. The van der Waals surface area contributed by atoms with E-state index in [1.807, 2.05) is 50.2 Å². The highest BCUT2D eigenvalue weighted by atomic mass is 32.2. The van der Waals surface area contributed by atoms with E-state index in [0.29, 0.717) is 27.4 Å². The van der Waals surface area contributed by atoms with Crippen molar-refractivity contribution in [3.8, 4) is 22.5 Å². The van der Waals surface area contributed by atoms with Gasteiger partial charge in [-0.05, 0) is 99.0 Å². The number of anilines is 2. The van der Waals surface area contributed by atoms with Gasteiger partial charge in [0.25, 0.3) is 11.8 Å². The molecule has 1 aliphatic carbocycles. The minimum absolute atomic E-state index is 0.0124. The molecule has 8 rings (SSSR count). The number of imide groups is 1. The molecule has 2 amide bonds. The Hall–Kier alpha value is -6.52. The van der Waals surface area contributed by atoms with Crippen LogP contribution in [0.5, 0.6) is 0 Å². The molecule has 5 aromatic rings. The summed E-state index contributed by atoms with van der Waals surface area (Å²) >= 11 is 0. The van der Waals surface area contributed by atoms with E-state index in [1.54, 1.807) is 32.0 Å². The van der Waals surface area contributed by atoms with Crippen LogP contribution in [0.15, 0.2) is 116 Å². The van der Waals surface area contributed by atoms with Crippen LogP contribution in [0.3, 0.4) is 0 Å². The first-order valence-electron chi connectivity index (χ1n) is 17.1. The summed E-state index contributed by atoms with van der Waals surface area (Å²) in [5.41, 5.74) is 11.2. The van der Waals surface area contributed by atoms with Crippen molar-refractivity contribution in [2.45, 2.75) is 37.5 Å². The van der Waals surface area contributed by atoms with E-state index in [1.165, 1.54) is 24.3 Å². The van der Waals surface area contributed by atoms with Crippen molar-refractivity contribution in [2.75, 3.05) is 10.6 Å². The summed E-state index contributed by atoms with van der Waals surface area (Å²) < 4.78 is 76.1. The van der Waals surface area contributed by atoms with Gasteiger partial charge in [-0.1, -0.05) is 42.0 Å². The number of carbonyl (C=O) groups excluding carboxylic acids is 3. The van der Waals surface area contributed by atoms with E-state index in [9.17, 15) is 45.1 Å². The molecular formula is C42H30N2O11S2-2. The first-order chi connectivity index (χ1) is 26.7. The summed E-state index contributed by atoms with van der Waals surface area (Å²) in [5, 5.41) is 0.411. The van der Waals surface area contributed by atoms with Gasteiger partial charge >= 0.3 is 0 Å². The zero-order chi connectivity index (χ0) is 41.3. The Labute approximate surface area is 325 Å². The molecule has 2 N–H and O–H groups in total. The topological polar surface area (TPSA) is 225 Å². The number of hydrogen-bond donors (Lipinski definition) is 1. The third-order valence-electron chi connectivity index (χ3n) is 9.57. The number of Topliss-reactive ketones (excluding diaryl/α,β-unsaturated/α-hetero) is 1. The average Bonchev–Trinajstić information content (AvgIpc) is 3.12. The smallest absolute Gasteiger partial charge is 0.266 e. The van der Waals surface area contributed by atoms with E-state index < -0.39 is 47.5 Å². The highest BCUT2D eigenvalue weighted by Crippen LogP contribution is 2.42. The molecule has 5 aromatic carbocycles. The van der Waals surface area contributed by atoms with Crippen LogP contribution in [0.2, 0.25) is 0 Å². The van der Waals surface area contributed by atoms with Crippen LogP contribution in [-0.4, -0.2) is 43.5 Å². The Balaban J connectivity index is 0.000000177. The van der Waals surface area contributed by atoms with Crippen LogP contribution in [0.25, 0.3) is 44.2 Å². The largest absolute Gasteiger partial charge is 0.744 e. The zero-order valence-electron chi connectivity index (χ0n) is 30.6. The van der Waals surface area contributed by atoms with Crippen LogP contribution < -0.4 is 16.1 Å². The number of nitrogens with zero attached hydrogens (tertiary/aromatic N) is 1. The van der Waals surface area contributed by atoms with Crippen molar-refractivity contribution in [3.63, 3.8) is 0 Å². The highest BCUT2D eigenvalue weighted by molar-refractivity contribution is 7.86. The number of aryl methyl sites for hydroxylation is 3.